The van der Waals surface area contributed by atoms with Crippen LogP contribution < -0.4 is 0 Å². The van der Waals surface area contributed by atoms with Gasteiger partial charge in [0.2, 0.25) is 0 Å². The summed E-state index contributed by atoms with van der Waals surface area (Å²) in [6.07, 6.45) is 4.31. The molecule has 0 aromatic heterocycles. The molecule has 0 atom stereocenters. The summed E-state index contributed by atoms with van der Waals surface area (Å²) in [5, 5.41) is 6.56. The van der Waals surface area contributed by atoms with Crippen molar-refractivity contribution in [2.75, 3.05) is 0 Å². The van der Waals surface area contributed by atoms with Crippen LogP contribution in [0.1, 0.15) is 0 Å². The Morgan fingerprint density at radius 2 is 2.25 bits per heavy atom. The van der Waals surface area contributed by atoms with Crippen LogP contribution in [0, 0.1) is 5.41 Å². The number of allylic oxidation sites excluding steroid dienone is 2. The van der Waals surface area contributed by atoms with Gasteiger partial charge in [0.1, 0.15) is 0 Å². The molecule has 0 aliphatic rings. The molecule has 0 rings (SSSR count). The molecular weight excluding hydrogens is 100 g/mol. The molecule has 0 radical (unpaired) electrons. The molecule has 2 heteroatoms. The SMILES string of the molecule is C=NC(=C)/C=C\C=N. The van der Waals surface area contributed by atoms with Crippen LogP contribution in [0.3, 0.4) is 0 Å². The third-order valence-electron chi connectivity index (χ3n) is 0.588. The van der Waals surface area contributed by atoms with Crippen LogP contribution in [0.2, 0.25) is 0 Å². The van der Waals surface area contributed by atoms with Crippen LogP contribution in [0.5, 0.6) is 0 Å². The van der Waals surface area contributed by atoms with E-state index in [1.165, 1.54) is 6.08 Å². The van der Waals surface area contributed by atoms with Gasteiger partial charge in [0.25, 0.3) is 0 Å². The minimum atomic E-state index is 0.577. The van der Waals surface area contributed by atoms with Crippen molar-refractivity contribution >= 4 is 12.9 Å². The predicted octanol–water partition coefficient (Wildman–Crippen LogP) is 1.41. The summed E-state index contributed by atoms with van der Waals surface area (Å²) >= 11 is 0. The molecule has 0 fully saturated rings. The largest absolute Gasteiger partial charge is 0.309 e. The molecule has 0 spiro atoms. The zero-order valence-corrected chi connectivity index (χ0v) is 4.59. The van der Waals surface area contributed by atoms with Crippen molar-refractivity contribution in [2.24, 2.45) is 4.99 Å². The molecule has 0 aromatic carbocycles. The van der Waals surface area contributed by atoms with Gasteiger partial charge in [-0.15, -0.1) is 0 Å². The predicted molar refractivity (Wildman–Crippen MR) is 36.6 cm³/mol. The second-order valence-corrected chi connectivity index (χ2v) is 1.18. The highest BCUT2D eigenvalue weighted by atomic mass is 14.7. The molecule has 1 N–H and O–H groups in total. The molecule has 0 saturated heterocycles. The Bertz CT molecular complexity index is 133. The second-order valence-electron chi connectivity index (χ2n) is 1.18. The number of aliphatic imine (C=N–C) groups is 1. The van der Waals surface area contributed by atoms with Crippen LogP contribution in [-0.4, -0.2) is 12.9 Å². The highest BCUT2D eigenvalue weighted by Gasteiger charge is 1.71. The van der Waals surface area contributed by atoms with Gasteiger partial charge >= 0.3 is 0 Å². The molecule has 2 nitrogen and oxygen atoms in total. The van der Waals surface area contributed by atoms with E-state index < -0.39 is 0 Å². The lowest BCUT2D eigenvalue weighted by molar-refractivity contribution is 1.47. The Morgan fingerprint density at radius 1 is 1.62 bits per heavy atom. The number of nitrogens with zero attached hydrogens (tertiary/aromatic N) is 1. The van der Waals surface area contributed by atoms with Gasteiger partial charge in [-0.2, -0.15) is 0 Å². The van der Waals surface area contributed by atoms with Crippen molar-refractivity contribution in [2.45, 2.75) is 0 Å². The fourth-order valence-corrected chi connectivity index (χ4v) is 0.212. The lowest BCUT2D eigenvalue weighted by Crippen LogP contribution is -1.64. The maximum absolute atomic E-state index is 6.56. The van der Waals surface area contributed by atoms with Crippen LogP contribution in [0.25, 0.3) is 0 Å². The summed E-state index contributed by atoms with van der Waals surface area (Å²) in [6.45, 7) is 6.73. The van der Waals surface area contributed by atoms with Crippen LogP contribution in [0.4, 0.5) is 0 Å². The summed E-state index contributed by atoms with van der Waals surface area (Å²) in [4.78, 5) is 3.49. The quantitative estimate of drug-likeness (QED) is 0.419. The first kappa shape index (κ1) is 6.82. The van der Waals surface area contributed by atoms with Crippen molar-refractivity contribution in [3.8, 4) is 0 Å². The van der Waals surface area contributed by atoms with Crippen molar-refractivity contribution < 1.29 is 0 Å². The van der Waals surface area contributed by atoms with Gasteiger partial charge in [0.05, 0.1) is 5.70 Å². The highest BCUT2D eigenvalue weighted by Crippen LogP contribution is 1.89. The molecule has 0 aromatic rings. The van der Waals surface area contributed by atoms with E-state index in [1.807, 2.05) is 0 Å². The van der Waals surface area contributed by atoms with E-state index >= 15 is 0 Å². The highest BCUT2D eigenvalue weighted by molar-refractivity contribution is 5.68. The Balaban J connectivity index is 3.69. The number of rotatable bonds is 3. The van der Waals surface area contributed by atoms with Crippen molar-refractivity contribution in [1.82, 2.24) is 0 Å². The zero-order chi connectivity index (χ0) is 6.41. The van der Waals surface area contributed by atoms with E-state index in [4.69, 9.17) is 5.41 Å². The smallest absolute Gasteiger partial charge is 0.0551 e. The lowest BCUT2D eigenvalue weighted by Gasteiger charge is -1.80. The second kappa shape index (κ2) is 3.99. The summed E-state index contributed by atoms with van der Waals surface area (Å²) in [5.41, 5.74) is 0.577. The van der Waals surface area contributed by atoms with E-state index in [1.54, 1.807) is 6.08 Å². The molecule has 0 aliphatic carbocycles. The molecule has 0 saturated carbocycles. The van der Waals surface area contributed by atoms with Crippen LogP contribution in [-0.2, 0) is 0 Å². The third kappa shape index (κ3) is 3.03. The van der Waals surface area contributed by atoms with Gasteiger partial charge in [0, 0.05) is 6.21 Å². The summed E-state index contributed by atoms with van der Waals surface area (Å²) in [7, 11) is 0. The Labute approximate surface area is 48.8 Å². The Hall–Kier alpha value is -1.18. The van der Waals surface area contributed by atoms with E-state index in [9.17, 15) is 0 Å². The van der Waals surface area contributed by atoms with Crippen molar-refractivity contribution in [3.63, 3.8) is 0 Å². The molecule has 0 bridgehead atoms. The average Bonchev–Trinajstić information content (AvgIpc) is 1.83. The van der Waals surface area contributed by atoms with Gasteiger partial charge < -0.3 is 5.41 Å². The molecule has 8 heavy (non-hydrogen) atoms. The minimum absolute atomic E-state index is 0.577. The van der Waals surface area contributed by atoms with Crippen molar-refractivity contribution in [3.05, 3.63) is 24.4 Å². The molecule has 0 amide bonds. The number of hydrogen-bond acceptors (Lipinski definition) is 2. The van der Waals surface area contributed by atoms with E-state index in [0.29, 0.717) is 5.70 Å². The molecule has 0 unspecified atom stereocenters. The van der Waals surface area contributed by atoms with E-state index in [0.717, 1.165) is 6.21 Å². The lowest BCUT2D eigenvalue weighted by atomic mass is 10.4. The topological polar surface area (TPSA) is 36.2 Å². The van der Waals surface area contributed by atoms with Gasteiger partial charge in [-0.3, -0.25) is 4.99 Å². The first-order valence-electron chi connectivity index (χ1n) is 2.14. The van der Waals surface area contributed by atoms with Gasteiger partial charge in [-0.25, -0.2) is 0 Å². The first-order chi connectivity index (χ1) is 3.81. The number of nitrogens with one attached hydrogen (secondary N) is 1. The van der Waals surface area contributed by atoms with Gasteiger partial charge in [0.15, 0.2) is 0 Å². The molecular formula is C6H8N2. The van der Waals surface area contributed by atoms with Crippen molar-refractivity contribution in [1.29, 1.82) is 5.41 Å². The summed E-state index contributed by atoms with van der Waals surface area (Å²) in [6, 6.07) is 0. The molecule has 0 aliphatic heterocycles. The average molecular weight is 108 g/mol. The van der Waals surface area contributed by atoms with Crippen LogP contribution >= 0.6 is 0 Å². The van der Waals surface area contributed by atoms with Gasteiger partial charge in [-0.1, -0.05) is 6.58 Å². The zero-order valence-electron chi connectivity index (χ0n) is 4.59. The fourth-order valence-electron chi connectivity index (χ4n) is 0.212. The summed E-state index contributed by atoms with van der Waals surface area (Å²) in [5.74, 6) is 0. The maximum atomic E-state index is 6.56. The minimum Gasteiger partial charge on any atom is -0.309 e. The van der Waals surface area contributed by atoms with E-state index in [-0.39, 0.29) is 0 Å². The summed E-state index contributed by atoms with van der Waals surface area (Å²) < 4.78 is 0. The molecule has 42 valence electrons. The standard InChI is InChI=1S/C6H8N2/c1-6(8-2)4-3-5-7/h3-5,7H,1-2H2/b4-3-,7-5?. The monoisotopic (exact) mass is 108 g/mol. The fraction of sp³-hybridized carbons (Fsp3) is 0. The van der Waals surface area contributed by atoms with Gasteiger partial charge in [-0.05, 0) is 18.9 Å². The Kier molecular flexibility index (Phi) is 3.40. The first-order valence-corrected chi connectivity index (χ1v) is 2.14. The maximum Gasteiger partial charge on any atom is 0.0551 e. The number of hydrogen-bond donors (Lipinski definition) is 1. The van der Waals surface area contributed by atoms with Crippen LogP contribution in [0.15, 0.2) is 29.4 Å². The normalized spacial score (nSPS) is 9.00. The third-order valence-corrected chi connectivity index (χ3v) is 0.588. The van der Waals surface area contributed by atoms with E-state index in [2.05, 4.69) is 18.3 Å². The Morgan fingerprint density at radius 3 is 2.62 bits per heavy atom. The molecule has 0 heterocycles.